The number of benzene rings is 1. The average Bonchev–Trinajstić information content (AvgIpc) is 3.20. The molecule has 1 saturated carbocycles. The molecule has 29 heavy (non-hydrogen) atoms. The first kappa shape index (κ1) is 21.8. The molecule has 2 N–H and O–H groups in total. The molecule has 158 valence electrons. The lowest BCUT2D eigenvalue weighted by Gasteiger charge is -2.19. The molecule has 4 nitrogen and oxygen atoms in total. The molecule has 5 atom stereocenters. The Bertz CT molecular complexity index is 750. The predicted octanol–water partition coefficient (Wildman–Crippen LogP) is 4.18. The molecule has 0 radical (unpaired) electrons. The normalized spacial score (nSPS) is 27.1. The number of unbranched alkanes of at least 4 members (excludes halogenated alkanes) is 1. The van der Waals surface area contributed by atoms with Gasteiger partial charge >= 0.3 is 0 Å². The number of aliphatic hydroxyl groups excluding tert-OH is 2. The zero-order chi connectivity index (χ0) is 21.0. The molecule has 0 spiro atoms. The molecule has 2 aliphatic carbocycles. The van der Waals surface area contributed by atoms with Crippen molar-refractivity contribution in [2.45, 2.75) is 57.7 Å². The standard InChI is InChI=1S/C25H35NO3/c1-17-8-10-19(11-9-17)23(27)13-12-21-22-15-18(14-20(22)16-24(21)28)6-4-5-7-25(29)26(2)3/h8-14,20-24,27-28H,4-7,15-16H2,1-3H3/t20-,21+,22-,23-,24+/m0/s1. The highest BCUT2D eigenvalue weighted by Gasteiger charge is 2.43. The van der Waals surface area contributed by atoms with E-state index in [0.29, 0.717) is 18.3 Å². The predicted molar refractivity (Wildman–Crippen MR) is 116 cm³/mol. The van der Waals surface area contributed by atoms with Crippen LogP contribution in [0.4, 0.5) is 0 Å². The van der Waals surface area contributed by atoms with Crippen molar-refractivity contribution in [1.29, 1.82) is 0 Å². The summed E-state index contributed by atoms with van der Waals surface area (Å²) >= 11 is 0. The number of amides is 1. The number of rotatable bonds is 8. The van der Waals surface area contributed by atoms with Gasteiger partial charge in [-0.3, -0.25) is 4.79 Å². The maximum atomic E-state index is 11.7. The number of carbonyl (C=O) groups is 1. The summed E-state index contributed by atoms with van der Waals surface area (Å²) in [5.74, 6) is 1.17. The van der Waals surface area contributed by atoms with E-state index >= 15 is 0 Å². The molecule has 0 heterocycles. The monoisotopic (exact) mass is 397 g/mol. The fraction of sp³-hybridized carbons (Fsp3) is 0.560. The van der Waals surface area contributed by atoms with Gasteiger partial charge in [0.15, 0.2) is 0 Å². The second-order valence-electron chi connectivity index (χ2n) is 8.97. The Morgan fingerprint density at radius 1 is 1.24 bits per heavy atom. The Morgan fingerprint density at radius 2 is 1.97 bits per heavy atom. The van der Waals surface area contributed by atoms with Gasteiger partial charge in [-0.05, 0) is 56.4 Å². The van der Waals surface area contributed by atoms with Gasteiger partial charge in [-0.25, -0.2) is 0 Å². The van der Waals surface area contributed by atoms with E-state index in [4.69, 9.17) is 0 Å². The Labute approximate surface area is 174 Å². The Kier molecular flexibility index (Phi) is 7.31. The minimum atomic E-state index is -0.634. The molecular formula is C25H35NO3. The van der Waals surface area contributed by atoms with Crippen LogP contribution in [-0.2, 0) is 4.79 Å². The van der Waals surface area contributed by atoms with Crippen LogP contribution in [-0.4, -0.2) is 41.2 Å². The van der Waals surface area contributed by atoms with Gasteiger partial charge in [0.25, 0.3) is 0 Å². The van der Waals surface area contributed by atoms with Crippen molar-refractivity contribution < 1.29 is 15.0 Å². The van der Waals surface area contributed by atoms with E-state index in [9.17, 15) is 15.0 Å². The van der Waals surface area contributed by atoms with Crippen LogP contribution in [0.3, 0.4) is 0 Å². The minimum Gasteiger partial charge on any atom is -0.392 e. The van der Waals surface area contributed by atoms with Crippen molar-refractivity contribution in [1.82, 2.24) is 4.90 Å². The average molecular weight is 398 g/mol. The summed E-state index contributed by atoms with van der Waals surface area (Å²) in [5.41, 5.74) is 3.53. The minimum absolute atomic E-state index is 0.101. The number of hydrogen-bond acceptors (Lipinski definition) is 3. The summed E-state index contributed by atoms with van der Waals surface area (Å²) in [4.78, 5) is 13.3. The quantitative estimate of drug-likeness (QED) is 0.511. The van der Waals surface area contributed by atoms with Crippen LogP contribution < -0.4 is 0 Å². The van der Waals surface area contributed by atoms with Gasteiger partial charge in [0, 0.05) is 26.4 Å². The van der Waals surface area contributed by atoms with E-state index in [-0.39, 0.29) is 17.9 Å². The molecule has 3 rings (SSSR count). The number of fused-ring (bicyclic) bond motifs is 1. The highest BCUT2D eigenvalue weighted by atomic mass is 16.3. The van der Waals surface area contributed by atoms with Crippen molar-refractivity contribution in [3.05, 3.63) is 59.2 Å². The molecule has 1 amide bonds. The lowest BCUT2D eigenvalue weighted by molar-refractivity contribution is -0.128. The first-order valence-corrected chi connectivity index (χ1v) is 10.9. The van der Waals surface area contributed by atoms with Crippen LogP contribution >= 0.6 is 0 Å². The van der Waals surface area contributed by atoms with Crippen LogP contribution in [0.2, 0.25) is 0 Å². The highest BCUT2D eigenvalue weighted by molar-refractivity contribution is 5.75. The second kappa shape index (κ2) is 9.73. The Morgan fingerprint density at radius 3 is 2.66 bits per heavy atom. The zero-order valence-corrected chi connectivity index (χ0v) is 17.9. The summed E-state index contributed by atoms with van der Waals surface area (Å²) in [6, 6.07) is 7.92. The van der Waals surface area contributed by atoms with Crippen LogP contribution in [0.15, 0.2) is 48.1 Å². The molecule has 0 unspecified atom stereocenters. The van der Waals surface area contributed by atoms with Crippen LogP contribution in [0.1, 0.15) is 55.8 Å². The lowest BCUT2D eigenvalue weighted by atomic mass is 9.88. The van der Waals surface area contributed by atoms with E-state index in [2.05, 4.69) is 6.08 Å². The molecule has 0 saturated heterocycles. The molecule has 0 bridgehead atoms. The summed E-state index contributed by atoms with van der Waals surface area (Å²) in [6.07, 6.45) is 10.7. The van der Waals surface area contributed by atoms with E-state index < -0.39 is 6.10 Å². The van der Waals surface area contributed by atoms with Crippen molar-refractivity contribution in [2.75, 3.05) is 14.1 Å². The summed E-state index contributed by atoms with van der Waals surface area (Å²) in [5, 5.41) is 21.0. The van der Waals surface area contributed by atoms with Gasteiger partial charge in [0.1, 0.15) is 0 Å². The molecule has 1 aromatic rings. The van der Waals surface area contributed by atoms with Crippen molar-refractivity contribution >= 4 is 5.91 Å². The van der Waals surface area contributed by atoms with Crippen molar-refractivity contribution in [3.63, 3.8) is 0 Å². The molecule has 2 aliphatic rings. The fourth-order valence-electron chi connectivity index (χ4n) is 4.75. The van der Waals surface area contributed by atoms with E-state index in [0.717, 1.165) is 37.7 Å². The highest BCUT2D eigenvalue weighted by Crippen LogP contribution is 2.48. The zero-order valence-electron chi connectivity index (χ0n) is 17.9. The van der Waals surface area contributed by atoms with E-state index in [1.807, 2.05) is 43.3 Å². The van der Waals surface area contributed by atoms with Gasteiger partial charge in [-0.2, -0.15) is 0 Å². The number of allylic oxidation sites excluding steroid dienone is 2. The first-order valence-electron chi connectivity index (χ1n) is 10.9. The van der Waals surface area contributed by atoms with E-state index in [1.54, 1.807) is 19.0 Å². The first-order chi connectivity index (χ1) is 13.8. The molecule has 4 heteroatoms. The summed E-state index contributed by atoms with van der Waals surface area (Å²) in [6.45, 7) is 2.03. The summed E-state index contributed by atoms with van der Waals surface area (Å²) < 4.78 is 0. The molecular weight excluding hydrogens is 362 g/mol. The van der Waals surface area contributed by atoms with Crippen LogP contribution in [0.25, 0.3) is 0 Å². The number of nitrogens with zero attached hydrogens (tertiary/aromatic N) is 1. The van der Waals surface area contributed by atoms with Gasteiger partial charge in [0.2, 0.25) is 5.91 Å². The molecule has 0 aliphatic heterocycles. The second-order valence-corrected chi connectivity index (χ2v) is 8.97. The third kappa shape index (κ3) is 5.58. The van der Waals surface area contributed by atoms with E-state index in [1.165, 1.54) is 11.1 Å². The van der Waals surface area contributed by atoms with Gasteiger partial charge < -0.3 is 15.1 Å². The van der Waals surface area contributed by atoms with Crippen LogP contribution in [0.5, 0.6) is 0 Å². The van der Waals surface area contributed by atoms with Gasteiger partial charge in [-0.15, -0.1) is 0 Å². The summed E-state index contributed by atoms with van der Waals surface area (Å²) in [7, 11) is 3.61. The molecule has 0 aromatic heterocycles. The van der Waals surface area contributed by atoms with Crippen LogP contribution in [0, 0.1) is 24.7 Å². The number of hydrogen-bond donors (Lipinski definition) is 2. The molecule has 1 aromatic carbocycles. The largest absolute Gasteiger partial charge is 0.392 e. The third-order valence-electron chi connectivity index (χ3n) is 6.52. The number of carbonyl (C=O) groups excluding carboxylic acids is 1. The number of aryl methyl sites for hydroxylation is 1. The van der Waals surface area contributed by atoms with Crippen molar-refractivity contribution in [3.8, 4) is 0 Å². The smallest absolute Gasteiger partial charge is 0.222 e. The SMILES string of the molecule is Cc1ccc([C@@H](O)C=C[C@@H]2[C@H]3CC(CCCCC(=O)N(C)C)=C[C@H]3C[C@H]2O)cc1. The topological polar surface area (TPSA) is 60.8 Å². The number of aliphatic hydroxyl groups is 2. The lowest BCUT2D eigenvalue weighted by Crippen LogP contribution is -2.21. The maximum Gasteiger partial charge on any atom is 0.222 e. The van der Waals surface area contributed by atoms with Gasteiger partial charge in [0.05, 0.1) is 12.2 Å². The molecule has 1 fully saturated rings. The fourth-order valence-corrected chi connectivity index (χ4v) is 4.75. The maximum absolute atomic E-state index is 11.7. The third-order valence-corrected chi connectivity index (χ3v) is 6.52. The Balaban J connectivity index is 1.50. The Hall–Kier alpha value is -1.91. The van der Waals surface area contributed by atoms with Crippen molar-refractivity contribution in [2.24, 2.45) is 17.8 Å². The van der Waals surface area contributed by atoms with Gasteiger partial charge in [-0.1, -0.05) is 53.6 Å².